The molecule has 0 radical (unpaired) electrons. The lowest BCUT2D eigenvalue weighted by Gasteiger charge is -2.11. The third-order valence-corrected chi connectivity index (χ3v) is 5.29. The number of hydrogen-bond donors (Lipinski definition) is 1. The molecule has 1 aliphatic rings. The van der Waals surface area contributed by atoms with Crippen molar-refractivity contribution in [3.8, 4) is 17.1 Å². The maximum atomic E-state index is 13.0. The van der Waals surface area contributed by atoms with Crippen LogP contribution in [-0.2, 0) is 24.3 Å². The molecule has 1 aromatic carbocycles. The van der Waals surface area contributed by atoms with Crippen molar-refractivity contribution in [2.24, 2.45) is 0 Å². The molecule has 0 unspecified atom stereocenters. The first-order valence-electron chi connectivity index (χ1n) is 9.03. The lowest BCUT2D eigenvalue weighted by atomic mass is 9.98. The van der Waals surface area contributed by atoms with Crippen molar-refractivity contribution in [3.63, 3.8) is 0 Å². The summed E-state index contributed by atoms with van der Waals surface area (Å²) in [5.74, 6) is 0.764. The quantitative estimate of drug-likeness (QED) is 0.545. The number of methoxy groups -OCH3 is 1. The van der Waals surface area contributed by atoms with E-state index in [0.717, 1.165) is 45.6 Å². The highest BCUT2D eigenvalue weighted by atomic mass is 16.7. The lowest BCUT2D eigenvalue weighted by molar-refractivity contribution is 0.0848. The molecular formula is C21H20N2O5. The minimum atomic E-state index is -1.40. The first-order valence-corrected chi connectivity index (χ1v) is 9.03. The van der Waals surface area contributed by atoms with Gasteiger partial charge in [-0.15, -0.1) is 0 Å². The Morgan fingerprint density at radius 1 is 1.29 bits per heavy atom. The topological polar surface area (TPSA) is 90.7 Å². The van der Waals surface area contributed by atoms with Gasteiger partial charge in [-0.3, -0.25) is 4.79 Å². The summed E-state index contributed by atoms with van der Waals surface area (Å²) in [6.45, 7) is 4.02. The Balaban J connectivity index is 1.92. The summed E-state index contributed by atoms with van der Waals surface area (Å²) < 4.78 is 11.6. The Hall–Kier alpha value is -3.35. The molecule has 3 aromatic rings. The molecule has 0 spiro atoms. The highest BCUT2D eigenvalue weighted by Gasteiger charge is 2.27. The number of fused-ring (bicyclic) bond motifs is 4. The van der Waals surface area contributed by atoms with E-state index in [1.807, 2.05) is 24.3 Å². The Bertz CT molecular complexity index is 1180. The number of ether oxygens (including phenoxy) is 2. The molecule has 3 heterocycles. The summed E-state index contributed by atoms with van der Waals surface area (Å²) in [4.78, 5) is 28.6. The zero-order valence-corrected chi connectivity index (χ0v) is 15.9. The zero-order valence-electron chi connectivity index (χ0n) is 15.9. The Morgan fingerprint density at radius 2 is 2.07 bits per heavy atom. The fourth-order valence-electron chi connectivity index (χ4n) is 3.89. The van der Waals surface area contributed by atoms with Crippen molar-refractivity contribution in [1.82, 2.24) is 9.55 Å². The average Bonchev–Trinajstić information content (AvgIpc) is 3.03. The molecule has 1 aliphatic heterocycles. The van der Waals surface area contributed by atoms with Crippen molar-refractivity contribution in [3.05, 3.63) is 56.9 Å². The van der Waals surface area contributed by atoms with Gasteiger partial charge >= 0.3 is 6.16 Å². The molecule has 7 heteroatoms. The van der Waals surface area contributed by atoms with E-state index in [-0.39, 0.29) is 12.2 Å². The summed E-state index contributed by atoms with van der Waals surface area (Å²) >= 11 is 0. The van der Waals surface area contributed by atoms with Gasteiger partial charge in [0.25, 0.3) is 5.56 Å². The van der Waals surface area contributed by atoms with E-state index in [1.165, 1.54) is 0 Å². The van der Waals surface area contributed by atoms with Crippen LogP contribution >= 0.6 is 0 Å². The second-order valence-electron chi connectivity index (χ2n) is 6.79. The van der Waals surface area contributed by atoms with E-state index in [4.69, 9.17) is 14.8 Å². The maximum absolute atomic E-state index is 13.0. The molecule has 1 N–H and O–H groups in total. The number of benzene rings is 1. The number of aryl methyl sites for hydroxylation is 2. The van der Waals surface area contributed by atoms with Gasteiger partial charge in [0.1, 0.15) is 12.4 Å². The molecule has 144 valence electrons. The number of pyridine rings is 2. The number of carbonyl (C=O) groups is 1. The lowest BCUT2D eigenvalue weighted by Crippen LogP contribution is -2.25. The molecule has 0 fully saturated rings. The number of aromatic nitrogens is 2. The van der Waals surface area contributed by atoms with Crippen LogP contribution in [0.1, 0.15) is 29.2 Å². The van der Waals surface area contributed by atoms with Gasteiger partial charge in [0.15, 0.2) is 0 Å². The monoisotopic (exact) mass is 380 g/mol. The van der Waals surface area contributed by atoms with Crippen molar-refractivity contribution < 1.29 is 19.4 Å². The smallest absolute Gasteiger partial charge is 0.497 e. The average molecular weight is 380 g/mol. The number of carboxylic acid groups (broad SMARTS) is 1. The highest BCUT2D eigenvalue weighted by molar-refractivity contribution is 5.89. The molecule has 0 saturated carbocycles. The van der Waals surface area contributed by atoms with Crippen LogP contribution in [-0.4, -0.2) is 27.9 Å². The molecule has 0 saturated heterocycles. The van der Waals surface area contributed by atoms with Gasteiger partial charge in [0.2, 0.25) is 0 Å². The molecule has 7 nitrogen and oxygen atoms in total. The molecule has 4 rings (SSSR count). The van der Waals surface area contributed by atoms with E-state index in [1.54, 1.807) is 18.6 Å². The minimum absolute atomic E-state index is 0.238. The first kappa shape index (κ1) is 18.0. The Labute approximate surface area is 161 Å². The van der Waals surface area contributed by atoms with Crippen LogP contribution in [0.4, 0.5) is 4.79 Å². The minimum Gasteiger partial charge on any atom is -0.497 e. The van der Waals surface area contributed by atoms with Gasteiger partial charge in [0.05, 0.1) is 36.1 Å². The van der Waals surface area contributed by atoms with Crippen molar-refractivity contribution >= 4 is 17.1 Å². The van der Waals surface area contributed by atoms with Crippen LogP contribution in [0.5, 0.6) is 5.75 Å². The second kappa shape index (κ2) is 6.67. The van der Waals surface area contributed by atoms with Gasteiger partial charge < -0.3 is 19.1 Å². The fourth-order valence-corrected chi connectivity index (χ4v) is 3.89. The molecular weight excluding hydrogens is 360 g/mol. The van der Waals surface area contributed by atoms with E-state index in [2.05, 4.69) is 11.7 Å². The van der Waals surface area contributed by atoms with Crippen LogP contribution < -0.4 is 10.3 Å². The number of rotatable bonds is 4. The van der Waals surface area contributed by atoms with E-state index >= 15 is 0 Å². The Kier molecular flexibility index (Phi) is 4.30. The van der Waals surface area contributed by atoms with Gasteiger partial charge in [-0.25, -0.2) is 9.78 Å². The standard InChI is InChI=1S/C21H20N2O5/c1-4-13-14-8-12(27-3)5-6-17(14)22-19-15(13)9-23-18(19)7-11(2)16(20(23)24)10-28-21(25)26/h5-8H,4,9-10H2,1-3H3,(H,25,26). The first-order chi connectivity index (χ1) is 13.4. The number of hydrogen-bond acceptors (Lipinski definition) is 5. The van der Waals surface area contributed by atoms with Crippen LogP contribution in [0.3, 0.4) is 0 Å². The molecule has 0 amide bonds. The normalized spacial score (nSPS) is 12.0. The molecule has 28 heavy (non-hydrogen) atoms. The van der Waals surface area contributed by atoms with E-state index < -0.39 is 6.16 Å². The van der Waals surface area contributed by atoms with Crippen LogP contribution in [0.2, 0.25) is 0 Å². The second-order valence-corrected chi connectivity index (χ2v) is 6.79. The summed E-state index contributed by atoms with van der Waals surface area (Å²) in [6, 6.07) is 7.66. The maximum Gasteiger partial charge on any atom is 0.506 e. The van der Waals surface area contributed by atoms with Gasteiger partial charge in [0, 0.05) is 10.9 Å². The predicted molar refractivity (Wildman–Crippen MR) is 104 cm³/mol. The molecule has 0 aliphatic carbocycles. The van der Waals surface area contributed by atoms with Gasteiger partial charge in [-0.1, -0.05) is 6.92 Å². The largest absolute Gasteiger partial charge is 0.506 e. The van der Waals surface area contributed by atoms with Crippen molar-refractivity contribution in [1.29, 1.82) is 0 Å². The third-order valence-electron chi connectivity index (χ3n) is 5.29. The Morgan fingerprint density at radius 3 is 2.75 bits per heavy atom. The van der Waals surface area contributed by atoms with Crippen LogP contribution in [0.25, 0.3) is 22.3 Å². The highest BCUT2D eigenvalue weighted by Crippen LogP contribution is 2.37. The van der Waals surface area contributed by atoms with Crippen molar-refractivity contribution in [2.75, 3.05) is 7.11 Å². The predicted octanol–water partition coefficient (Wildman–Crippen LogP) is 3.50. The summed E-state index contributed by atoms with van der Waals surface area (Å²) in [5, 5.41) is 9.78. The van der Waals surface area contributed by atoms with E-state index in [0.29, 0.717) is 17.7 Å². The molecule has 0 bridgehead atoms. The summed E-state index contributed by atoms with van der Waals surface area (Å²) in [6.07, 6.45) is -0.603. The zero-order chi connectivity index (χ0) is 20.0. The summed E-state index contributed by atoms with van der Waals surface area (Å²) in [5.41, 5.74) is 5.39. The van der Waals surface area contributed by atoms with E-state index in [9.17, 15) is 9.59 Å². The number of nitrogens with zero attached hydrogens (tertiary/aromatic N) is 2. The summed E-state index contributed by atoms with van der Waals surface area (Å²) in [7, 11) is 1.63. The van der Waals surface area contributed by atoms with Crippen LogP contribution in [0, 0.1) is 6.92 Å². The fraction of sp³-hybridized carbons (Fsp3) is 0.286. The molecule has 2 aromatic heterocycles. The SMILES string of the molecule is CCc1c2c(nc3ccc(OC)cc13)-c1cc(C)c(COC(=O)O)c(=O)n1C2. The van der Waals surface area contributed by atoms with Crippen LogP contribution in [0.15, 0.2) is 29.1 Å². The molecule has 0 atom stereocenters. The van der Waals surface area contributed by atoms with Gasteiger partial charge in [-0.2, -0.15) is 0 Å². The van der Waals surface area contributed by atoms with Crippen molar-refractivity contribution in [2.45, 2.75) is 33.4 Å². The van der Waals surface area contributed by atoms with Gasteiger partial charge in [-0.05, 0) is 48.7 Å². The third kappa shape index (κ3) is 2.70.